The number of rotatable bonds is 6. The molecule has 1 atom stereocenters. The van der Waals surface area contributed by atoms with E-state index in [2.05, 4.69) is 0 Å². The molecule has 0 spiro atoms. The third-order valence-electron chi connectivity index (χ3n) is 4.36. The van der Waals surface area contributed by atoms with Crippen molar-refractivity contribution in [2.75, 3.05) is 26.3 Å². The van der Waals surface area contributed by atoms with E-state index in [0.717, 1.165) is 0 Å². The van der Waals surface area contributed by atoms with Crippen LogP contribution in [0.15, 0.2) is 53.4 Å². The Morgan fingerprint density at radius 2 is 1.68 bits per heavy atom. The lowest BCUT2D eigenvalue weighted by molar-refractivity contribution is 0.134. The first-order valence-corrected chi connectivity index (χ1v) is 10.7. The zero-order valence-electron chi connectivity index (χ0n) is 16.5. The molecule has 2 aromatic rings. The summed E-state index contributed by atoms with van der Waals surface area (Å²) in [5, 5.41) is 10.6. The normalized spacial score (nSPS) is 15.5. The van der Waals surface area contributed by atoms with Gasteiger partial charge >= 0.3 is 0 Å². The Bertz CT molecular complexity index is 906. The molecule has 0 fully saturated rings. The minimum absolute atomic E-state index is 0.0297. The lowest BCUT2D eigenvalue weighted by Gasteiger charge is -2.31. The fourth-order valence-corrected chi connectivity index (χ4v) is 4.77. The van der Waals surface area contributed by atoms with Crippen LogP contribution < -0.4 is 9.47 Å². The lowest BCUT2D eigenvalue weighted by Crippen LogP contribution is -2.40. The van der Waals surface area contributed by atoms with Gasteiger partial charge in [0.2, 0.25) is 10.0 Å². The quantitative estimate of drug-likeness (QED) is 0.799. The highest BCUT2D eigenvalue weighted by molar-refractivity contribution is 7.89. The van der Waals surface area contributed by atoms with E-state index >= 15 is 0 Å². The van der Waals surface area contributed by atoms with Crippen LogP contribution in [0.1, 0.15) is 32.4 Å². The van der Waals surface area contributed by atoms with Gasteiger partial charge in [-0.05, 0) is 23.1 Å². The molecular weight excluding hydrogens is 378 g/mol. The van der Waals surface area contributed by atoms with E-state index in [0.29, 0.717) is 30.3 Å². The van der Waals surface area contributed by atoms with E-state index in [4.69, 9.17) is 9.47 Å². The van der Waals surface area contributed by atoms with Gasteiger partial charge in [-0.25, -0.2) is 8.42 Å². The predicted octanol–water partition coefficient (Wildman–Crippen LogP) is 3.23. The summed E-state index contributed by atoms with van der Waals surface area (Å²) < 4.78 is 39.1. The van der Waals surface area contributed by atoms with Crippen LogP contribution >= 0.6 is 0 Å². The summed E-state index contributed by atoms with van der Waals surface area (Å²) in [6.07, 6.45) is -0.921. The van der Waals surface area contributed by atoms with Crippen LogP contribution in [-0.4, -0.2) is 44.1 Å². The maximum atomic E-state index is 13.4. The Labute approximate surface area is 166 Å². The molecular formula is C21H27NO5S. The Morgan fingerprint density at radius 3 is 2.32 bits per heavy atom. The molecule has 6 nitrogen and oxygen atoms in total. The van der Waals surface area contributed by atoms with Crippen LogP contribution in [0.5, 0.6) is 11.5 Å². The molecule has 0 aromatic heterocycles. The summed E-state index contributed by atoms with van der Waals surface area (Å²) in [5.74, 6) is 0.962. The molecule has 1 N–H and O–H groups in total. The number of hydrogen-bond acceptors (Lipinski definition) is 5. The molecule has 2 aromatic carbocycles. The topological polar surface area (TPSA) is 76.1 Å². The number of hydrogen-bond donors (Lipinski definition) is 1. The molecule has 28 heavy (non-hydrogen) atoms. The van der Waals surface area contributed by atoms with Crippen LogP contribution in [-0.2, 0) is 10.0 Å². The molecule has 0 aliphatic carbocycles. The van der Waals surface area contributed by atoms with E-state index in [1.807, 2.05) is 39.0 Å². The molecule has 7 heteroatoms. The van der Waals surface area contributed by atoms with Crippen LogP contribution in [0.2, 0.25) is 0 Å². The number of aliphatic hydroxyl groups excluding tert-OH is 1. The van der Waals surface area contributed by atoms with Gasteiger partial charge in [-0.3, -0.25) is 0 Å². The monoisotopic (exact) mass is 405 g/mol. The molecule has 1 heterocycles. The number of sulfonamides is 1. The van der Waals surface area contributed by atoms with Crippen LogP contribution in [0, 0.1) is 5.41 Å². The van der Waals surface area contributed by atoms with Crippen molar-refractivity contribution in [1.29, 1.82) is 0 Å². The largest absolute Gasteiger partial charge is 0.486 e. The number of ether oxygens (including phenoxy) is 2. The van der Waals surface area contributed by atoms with Crippen molar-refractivity contribution in [2.45, 2.75) is 31.8 Å². The number of aliphatic hydroxyl groups is 1. The standard InChI is InChI=1S/C21H27NO5S/c1-21(2,3)15-22(14-18(23)16-7-5-4-6-8-16)28(24,25)17-9-10-19-20(13-17)27-12-11-26-19/h4-10,13,18,23H,11-12,14-15H2,1-3H3. The zero-order valence-corrected chi connectivity index (χ0v) is 17.3. The van der Waals surface area contributed by atoms with Gasteiger partial charge in [-0.2, -0.15) is 4.31 Å². The molecule has 0 radical (unpaired) electrons. The number of nitrogens with zero attached hydrogens (tertiary/aromatic N) is 1. The van der Waals surface area contributed by atoms with Crippen molar-refractivity contribution in [3.63, 3.8) is 0 Å². The van der Waals surface area contributed by atoms with Crippen LogP contribution in [0.3, 0.4) is 0 Å². The molecule has 1 aliphatic heterocycles. The van der Waals surface area contributed by atoms with Gasteiger partial charge in [0.15, 0.2) is 11.5 Å². The third-order valence-corrected chi connectivity index (χ3v) is 6.17. The minimum atomic E-state index is -3.83. The minimum Gasteiger partial charge on any atom is -0.486 e. The summed E-state index contributed by atoms with van der Waals surface area (Å²) in [7, 11) is -3.83. The first-order chi connectivity index (χ1) is 13.2. The van der Waals surface area contributed by atoms with Gasteiger partial charge in [-0.15, -0.1) is 0 Å². The second-order valence-electron chi connectivity index (χ2n) is 8.09. The smallest absolute Gasteiger partial charge is 0.243 e. The fraction of sp³-hybridized carbons (Fsp3) is 0.429. The van der Waals surface area contributed by atoms with Gasteiger partial charge in [0.1, 0.15) is 13.2 Å². The van der Waals surface area contributed by atoms with Gasteiger partial charge < -0.3 is 14.6 Å². The average Bonchev–Trinajstić information content (AvgIpc) is 2.66. The van der Waals surface area contributed by atoms with E-state index in [9.17, 15) is 13.5 Å². The second-order valence-corrected chi connectivity index (χ2v) is 10.0. The van der Waals surface area contributed by atoms with Crippen molar-refractivity contribution in [3.8, 4) is 11.5 Å². The molecule has 3 rings (SSSR count). The SMILES string of the molecule is CC(C)(C)CN(CC(O)c1ccccc1)S(=O)(=O)c1ccc2c(c1)OCCO2. The Hall–Kier alpha value is -2.09. The van der Waals surface area contributed by atoms with Crippen molar-refractivity contribution in [2.24, 2.45) is 5.41 Å². The van der Waals surface area contributed by atoms with Crippen LogP contribution in [0.25, 0.3) is 0 Å². The van der Waals surface area contributed by atoms with E-state index in [1.165, 1.54) is 16.4 Å². The van der Waals surface area contributed by atoms with E-state index < -0.39 is 16.1 Å². The van der Waals surface area contributed by atoms with Gasteiger partial charge in [0.25, 0.3) is 0 Å². The van der Waals surface area contributed by atoms with Crippen molar-refractivity contribution < 1.29 is 23.0 Å². The summed E-state index contributed by atoms with van der Waals surface area (Å²) >= 11 is 0. The summed E-state index contributed by atoms with van der Waals surface area (Å²) in [6.45, 7) is 6.97. The highest BCUT2D eigenvalue weighted by atomic mass is 32.2. The van der Waals surface area contributed by atoms with Crippen molar-refractivity contribution in [1.82, 2.24) is 4.31 Å². The highest BCUT2D eigenvalue weighted by Gasteiger charge is 2.31. The number of fused-ring (bicyclic) bond motifs is 1. The molecule has 1 unspecified atom stereocenters. The molecule has 152 valence electrons. The van der Waals surface area contributed by atoms with Crippen molar-refractivity contribution >= 4 is 10.0 Å². The summed E-state index contributed by atoms with van der Waals surface area (Å²) in [6, 6.07) is 13.7. The maximum Gasteiger partial charge on any atom is 0.243 e. The van der Waals surface area contributed by atoms with Gasteiger partial charge in [-0.1, -0.05) is 51.1 Å². The predicted molar refractivity (Wildman–Crippen MR) is 107 cm³/mol. The zero-order chi connectivity index (χ0) is 20.4. The summed E-state index contributed by atoms with van der Waals surface area (Å²) in [4.78, 5) is 0.126. The number of benzene rings is 2. The van der Waals surface area contributed by atoms with Gasteiger partial charge in [0, 0.05) is 19.2 Å². The highest BCUT2D eigenvalue weighted by Crippen LogP contribution is 2.34. The molecule has 0 amide bonds. The van der Waals surface area contributed by atoms with Gasteiger partial charge in [0.05, 0.1) is 11.0 Å². The Kier molecular flexibility index (Phi) is 5.98. The molecule has 0 bridgehead atoms. The lowest BCUT2D eigenvalue weighted by atomic mass is 9.97. The first-order valence-electron chi connectivity index (χ1n) is 9.30. The average molecular weight is 406 g/mol. The Morgan fingerprint density at radius 1 is 1.04 bits per heavy atom. The molecule has 0 saturated heterocycles. The van der Waals surface area contributed by atoms with Crippen molar-refractivity contribution in [3.05, 3.63) is 54.1 Å². The summed E-state index contributed by atoms with van der Waals surface area (Å²) in [5.41, 5.74) is 0.399. The van der Waals surface area contributed by atoms with E-state index in [1.54, 1.807) is 18.2 Å². The Balaban J connectivity index is 1.92. The molecule has 0 saturated carbocycles. The maximum absolute atomic E-state index is 13.4. The van der Waals surface area contributed by atoms with Crippen LogP contribution in [0.4, 0.5) is 0 Å². The van der Waals surface area contributed by atoms with E-state index in [-0.39, 0.29) is 23.4 Å². The molecule has 1 aliphatic rings. The third kappa shape index (κ3) is 4.84. The second kappa shape index (κ2) is 8.11. The first kappa shape index (κ1) is 20.6. The fourth-order valence-electron chi connectivity index (χ4n) is 3.08.